The number of aliphatic carboxylic acids is 3. The molecule has 4 N–H and O–H groups in total. The third-order valence-electron chi connectivity index (χ3n) is 9.34. The highest BCUT2D eigenvalue weighted by atomic mass is 16.6. The number of nitrogens with one attached hydrogen (secondary N) is 1. The van der Waals surface area contributed by atoms with Crippen molar-refractivity contribution in [3.05, 3.63) is 142 Å². The number of benzene rings is 4. The number of rotatable bonds is 17. The van der Waals surface area contributed by atoms with Crippen LogP contribution < -0.4 is 5.32 Å². The first-order chi connectivity index (χ1) is 25.8. The van der Waals surface area contributed by atoms with Crippen LogP contribution in [-0.2, 0) is 32.1 Å². The largest absolute Gasteiger partial charge is 0.481 e. The molecule has 0 aliphatic heterocycles. The Bertz CT molecular complexity index is 2160. The fraction of sp³-hybridized carbons (Fsp3) is 0.225. The van der Waals surface area contributed by atoms with E-state index >= 15 is 0 Å². The van der Waals surface area contributed by atoms with E-state index in [-0.39, 0.29) is 24.4 Å². The van der Waals surface area contributed by atoms with E-state index in [1.807, 2.05) is 36.4 Å². The molecule has 14 heteroatoms. The minimum atomic E-state index is -1.89. The Morgan fingerprint density at radius 3 is 2.04 bits per heavy atom. The molecule has 1 aromatic heterocycles. The lowest BCUT2D eigenvalue weighted by Gasteiger charge is -2.36. The molecule has 4 unspecified atom stereocenters. The van der Waals surface area contributed by atoms with Crippen LogP contribution >= 0.6 is 0 Å². The lowest BCUT2D eigenvalue weighted by molar-refractivity contribution is -0.384. The number of nitro benzene ring substituents is 1. The summed E-state index contributed by atoms with van der Waals surface area (Å²) in [6, 6.07) is 29.8. The molecule has 0 aliphatic rings. The molecule has 0 saturated heterocycles. The van der Waals surface area contributed by atoms with Crippen molar-refractivity contribution in [2.75, 3.05) is 5.32 Å². The molecule has 0 saturated carbocycles. The number of nitro groups is 1. The Morgan fingerprint density at radius 1 is 0.778 bits per heavy atom. The molecular formula is C40H37N3O11. The van der Waals surface area contributed by atoms with Crippen LogP contribution in [0, 0.1) is 22.0 Å². The molecule has 54 heavy (non-hydrogen) atoms. The fourth-order valence-corrected chi connectivity index (χ4v) is 6.46. The van der Waals surface area contributed by atoms with Gasteiger partial charge < -0.3 is 30.0 Å². The molecule has 0 spiro atoms. The van der Waals surface area contributed by atoms with Crippen LogP contribution in [0.25, 0.3) is 10.8 Å². The van der Waals surface area contributed by atoms with Crippen molar-refractivity contribution in [3.63, 3.8) is 0 Å². The van der Waals surface area contributed by atoms with E-state index in [9.17, 15) is 49.4 Å². The summed E-state index contributed by atoms with van der Waals surface area (Å²) in [5.41, 5.74) is 1.60. The van der Waals surface area contributed by atoms with E-state index in [1.54, 1.807) is 49.4 Å². The molecule has 4 atom stereocenters. The van der Waals surface area contributed by atoms with Gasteiger partial charge in [-0.25, -0.2) is 0 Å². The van der Waals surface area contributed by atoms with Gasteiger partial charge in [0.1, 0.15) is 5.76 Å². The number of hydrogen-bond acceptors (Lipinski definition) is 8. The maximum absolute atomic E-state index is 14.3. The van der Waals surface area contributed by atoms with Crippen molar-refractivity contribution in [1.29, 1.82) is 0 Å². The molecule has 278 valence electrons. The van der Waals surface area contributed by atoms with E-state index in [2.05, 4.69) is 5.32 Å². The Labute approximate surface area is 308 Å². The molecule has 0 radical (unpaired) electrons. The number of carbonyl (C=O) groups is 5. The molecule has 14 nitrogen and oxygen atoms in total. The maximum Gasteiger partial charge on any atom is 0.307 e. The lowest BCUT2D eigenvalue weighted by Crippen LogP contribution is -2.44. The molecule has 0 aliphatic carbocycles. The van der Waals surface area contributed by atoms with Crippen LogP contribution in [0.15, 0.2) is 114 Å². The normalized spacial score (nSPS) is 13.3. The minimum absolute atomic E-state index is 0.00972. The number of anilines is 1. The van der Waals surface area contributed by atoms with Gasteiger partial charge in [0.15, 0.2) is 5.76 Å². The number of nitrogens with zero attached hydrogens (tertiary/aromatic N) is 2. The van der Waals surface area contributed by atoms with E-state index in [4.69, 9.17) is 4.42 Å². The van der Waals surface area contributed by atoms with Gasteiger partial charge in [-0.05, 0) is 59.2 Å². The van der Waals surface area contributed by atoms with Crippen molar-refractivity contribution in [2.45, 2.75) is 44.7 Å². The first-order valence-corrected chi connectivity index (χ1v) is 16.9. The molecule has 1 heterocycles. The van der Waals surface area contributed by atoms with Crippen molar-refractivity contribution in [2.24, 2.45) is 11.8 Å². The van der Waals surface area contributed by atoms with Gasteiger partial charge in [0.2, 0.25) is 5.91 Å². The summed E-state index contributed by atoms with van der Waals surface area (Å²) < 4.78 is 5.96. The van der Waals surface area contributed by atoms with Gasteiger partial charge in [0, 0.05) is 49.2 Å². The van der Waals surface area contributed by atoms with Crippen molar-refractivity contribution >= 4 is 51.9 Å². The van der Waals surface area contributed by atoms with Gasteiger partial charge in [-0.15, -0.1) is 0 Å². The van der Waals surface area contributed by atoms with Gasteiger partial charge in [-0.1, -0.05) is 66.7 Å². The van der Waals surface area contributed by atoms with Gasteiger partial charge in [-0.2, -0.15) is 0 Å². The second-order valence-electron chi connectivity index (χ2n) is 12.9. The third-order valence-corrected chi connectivity index (χ3v) is 9.34. The predicted octanol–water partition coefficient (Wildman–Crippen LogP) is 6.60. The molecular weight excluding hydrogens is 698 g/mol. The number of para-hydroxylation sites is 1. The van der Waals surface area contributed by atoms with Crippen LogP contribution in [0.1, 0.15) is 53.1 Å². The summed E-state index contributed by atoms with van der Waals surface area (Å²) in [6.07, 6.45) is -1.75. The zero-order valence-corrected chi connectivity index (χ0v) is 29.0. The van der Waals surface area contributed by atoms with Crippen LogP contribution in [0.5, 0.6) is 0 Å². The summed E-state index contributed by atoms with van der Waals surface area (Å²) in [6.45, 7) is 1.65. The fourth-order valence-electron chi connectivity index (χ4n) is 6.46. The zero-order chi connectivity index (χ0) is 38.9. The Hall–Kier alpha value is -6.83. The monoisotopic (exact) mass is 735 g/mol. The number of carbonyl (C=O) groups excluding carboxylic acids is 2. The van der Waals surface area contributed by atoms with E-state index in [0.29, 0.717) is 22.6 Å². The van der Waals surface area contributed by atoms with Crippen LogP contribution in [0.4, 0.5) is 11.4 Å². The van der Waals surface area contributed by atoms with Crippen LogP contribution in [0.3, 0.4) is 0 Å². The standard InChI is InChI=1S/C40H37N3O11/c1-24(32(27-13-15-30(16-14-27)43(52)53)20-31-17-18-35(54-31)38(47)41-29-9-3-2-4-10-29)42(23-25-11-12-26-7-5-6-8-28(26)19-25)36(44)21-33(39(48)49)34(40(50)51)22-37(45)46/h2-19,24,32-34H,20-23H2,1H3,(H,41,47)(H,45,46)(H,48,49)(H,50,51). The topological polar surface area (TPSA) is 218 Å². The van der Waals surface area contributed by atoms with E-state index < -0.39 is 71.3 Å². The van der Waals surface area contributed by atoms with Crippen LogP contribution in [-0.4, -0.2) is 60.9 Å². The lowest BCUT2D eigenvalue weighted by atomic mass is 9.84. The van der Waals surface area contributed by atoms with E-state index in [0.717, 1.165) is 10.8 Å². The SMILES string of the molecule is CC(C(Cc1ccc(C(=O)Nc2ccccc2)o1)c1ccc([N+](=O)[O-])cc1)N(Cc1ccc2ccccc2c1)C(=O)CC(C(=O)O)C(CC(=O)O)C(=O)O. The molecule has 5 rings (SSSR count). The summed E-state index contributed by atoms with van der Waals surface area (Å²) in [5.74, 6) is -10.2. The smallest absolute Gasteiger partial charge is 0.307 e. The van der Waals surface area contributed by atoms with Gasteiger partial charge in [-0.3, -0.25) is 34.1 Å². The molecule has 0 fully saturated rings. The summed E-state index contributed by atoms with van der Waals surface area (Å²) >= 11 is 0. The van der Waals surface area contributed by atoms with Gasteiger partial charge in [0.05, 0.1) is 23.2 Å². The number of amides is 2. The van der Waals surface area contributed by atoms with Crippen molar-refractivity contribution in [3.8, 4) is 0 Å². The summed E-state index contributed by atoms with van der Waals surface area (Å²) in [7, 11) is 0. The first-order valence-electron chi connectivity index (χ1n) is 16.9. The number of non-ortho nitro benzene ring substituents is 1. The average Bonchev–Trinajstić information content (AvgIpc) is 3.63. The highest BCUT2D eigenvalue weighted by molar-refractivity contribution is 6.02. The third kappa shape index (κ3) is 9.53. The number of carboxylic acid groups (broad SMARTS) is 3. The number of furan rings is 1. The average molecular weight is 736 g/mol. The first kappa shape index (κ1) is 38.4. The maximum atomic E-state index is 14.3. The Kier molecular flexibility index (Phi) is 12.2. The predicted molar refractivity (Wildman–Crippen MR) is 196 cm³/mol. The van der Waals surface area contributed by atoms with Crippen LogP contribution in [0.2, 0.25) is 0 Å². The van der Waals surface area contributed by atoms with Crippen molar-refractivity contribution in [1.82, 2.24) is 4.90 Å². The summed E-state index contributed by atoms with van der Waals surface area (Å²) in [5, 5.41) is 45.2. The Balaban J connectivity index is 1.53. The highest BCUT2D eigenvalue weighted by Crippen LogP contribution is 2.33. The zero-order valence-electron chi connectivity index (χ0n) is 29.0. The molecule has 4 aromatic carbocycles. The number of hydrogen-bond donors (Lipinski definition) is 4. The summed E-state index contributed by atoms with van der Waals surface area (Å²) in [4.78, 5) is 75.6. The molecule has 0 bridgehead atoms. The van der Waals surface area contributed by atoms with Gasteiger partial charge >= 0.3 is 17.9 Å². The quantitative estimate of drug-likeness (QED) is 0.0589. The minimum Gasteiger partial charge on any atom is -0.481 e. The van der Waals surface area contributed by atoms with Gasteiger partial charge in [0.25, 0.3) is 11.6 Å². The van der Waals surface area contributed by atoms with Crippen molar-refractivity contribution < 1.29 is 48.6 Å². The number of fused-ring (bicyclic) bond motifs is 1. The second kappa shape index (κ2) is 17.1. The highest BCUT2D eigenvalue weighted by Gasteiger charge is 2.39. The second-order valence-corrected chi connectivity index (χ2v) is 12.9. The van der Waals surface area contributed by atoms with E-state index in [1.165, 1.54) is 35.2 Å². The Morgan fingerprint density at radius 2 is 1.41 bits per heavy atom. The number of carboxylic acids is 3. The molecule has 5 aromatic rings. The molecule has 2 amide bonds.